The standard InChI is InChI=1S/C14H17N3O3.ClH/c18-8-12-5-14(20-17-12)10-4-13(7-15-6-10)19-9-11-2-1-3-16-11;/h4-7,11,16,18H,1-3,8-9H2;1H/t11-;/m0./s1. The molecule has 1 saturated heterocycles. The molecule has 0 saturated carbocycles. The van der Waals surface area contributed by atoms with Crippen molar-refractivity contribution in [2.75, 3.05) is 13.2 Å². The zero-order valence-electron chi connectivity index (χ0n) is 11.5. The molecule has 2 N–H and O–H groups in total. The first-order valence-corrected chi connectivity index (χ1v) is 6.73. The SMILES string of the molecule is Cl.OCc1cc(-c2cncc(OC[C@@H]3CCCN3)c2)on1. The molecule has 0 spiro atoms. The number of hydrogen-bond donors (Lipinski definition) is 2. The zero-order chi connectivity index (χ0) is 13.8. The maximum absolute atomic E-state index is 8.99. The number of pyridine rings is 1. The normalized spacial score (nSPS) is 17.5. The number of rotatable bonds is 5. The van der Waals surface area contributed by atoms with E-state index in [1.807, 2.05) is 6.07 Å². The van der Waals surface area contributed by atoms with Crippen LogP contribution < -0.4 is 10.1 Å². The lowest BCUT2D eigenvalue weighted by Gasteiger charge is -2.12. The molecule has 2 aromatic heterocycles. The molecule has 0 amide bonds. The Morgan fingerprint density at radius 3 is 3.00 bits per heavy atom. The van der Waals surface area contributed by atoms with Gasteiger partial charge in [0.2, 0.25) is 0 Å². The van der Waals surface area contributed by atoms with Gasteiger partial charge in [0.1, 0.15) is 18.1 Å². The Bertz CT molecular complexity index is 570. The highest BCUT2D eigenvalue weighted by molar-refractivity contribution is 5.85. The third-order valence-corrected chi connectivity index (χ3v) is 3.33. The molecule has 1 aliphatic rings. The molecule has 3 heterocycles. The highest BCUT2D eigenvalue weighted by atomic mass is 35.5. The van der Waals surface area contributed by atoms with E-state index in [1.54, 1.807) is 18.5 Å². The maximum atomic E-state index is 8.99. The van der Waals surface area contributed by atoms with E-state index in [0.717, 1.165) is 18.5 Å². The van der Waals surface area contributed by atoms with Gasteiger partial charge >= 0.3 is 0 Å². The quantitative estimate of drug-likeness (QED) is 0.876. The van der Waals surface area contributed by atoms with Crippen LogP contribution in [0, 0.1) is 0 Å². The van der Waals surface area contributed by atoms with Crippen molar-refractivity contribution in [1.82, 2.24) is 15.5 Å². The van der Waals surface area contributed by atoms with E-state index in [4.69, 9.17) is 14.4 Å². The van der Waals surface area contributed by atoms with Crippen molar-refractivity contribution in [3.8, 4) is 17.1 Å². The van der Waals surface area contributed by atoms with Gasteiger partial charge in [-0.05, 0) is 25.5 Å². The Balaban J connectivity index is 0.00000161. The lowest BCUT2D eigenvalue weighted by atomic mass is 10.2. The Hall–Kier alpha value is -1.63. The molecular formula is C14H18ClN3O3. The molecule has 1 atom stereocenters. The summed E-state index contributed by atoms with van der Waals surface area (Å²) in [6.07, 6.45) is 5.72. The van der Waals surface area contributed by atoms with Crippen LogP contribution in [0.2, 0.25) is 0 Å². The summed E-state index contributed by atoms with van der Waals surface area (Å²) in [6, 6.07) is 3.98. The molecule has 114 valence electrons. The summed E-state index contributed by atoms with van der Waals surface area (Å²) in [6.45, 7) is 1.57. The van der Waals surface area contributed by atoms with Crippen LogP contribution in [-0.2, 0) is 6.61 Å². The number of nitrogens with one attached hydrogen (secondary N) is 1. The molecule has 0 aliphatic carbocycles. The van der Waals surface area contributed by atoms with E-state index in [1.165, 1.54) is 6.42 Å². The van der Waals surface area contributed by atoms with Crippen molar-refractivity contribution < 1.29 is 14.4 Å². The van der Waals surface area contributed by atoms with Gasteiger partial charge in [-0.25, -0.2) is 0 Å². The third kappa shape index (κ3) is 3.93. The molecule has 7 heteroatoms. The van der Waals surface area contributed by atoms with Gasteiger partial charge in [0, 0.05) is 23.9 Å². The van der Waals surface area contributed by atoms with Crippen LogP contribution in [-0.4, -0.2) is 34.4 Å². The van der Waals surface area contributed by atoms with E-state index in [9.17, 15) is 0 Å². The summed E-state index contributed by atoms with van der Waals surface area (Å²) in [5.41, 5.74) is 1.29. The van der Waals surface area contributed by atoms with Gasteiger partial charge in [0.05, 0.1) is 12.8 Å². The van der Waals surface area contributed by atoms with Crippen molar-refractivity contribution in [3.05, 3.63) is 30.2 Å². The minimum absolute atomic E-state index is 0. The summed E-state index contributed by atoms with van der Waals surface area (Å²) >= 11 is 0. The van der Waals surface area contributed by atoms with Crippen LogP contribution in [0.4, 0.5) is 0 Å². The fourth-order valence-electron chi connectivity index (χ4n) is 2.25. The number of aliphatic hydroxyl groups excluding tert-OH is 1. The van der Waals surface area contributed by atoms with Gasteiger partial charge in [0.25, 0.3) is 0 Å². The smallest absolute Gasteiger partial charge is 0.168 e. The van der Waals surface area contributed by atoms with E-state index in [-0.39, 0.29) is 19.0 Å². The Labute approximate surface area is 128 Å². The number of halogens is 1. The van der Waals surface area contributed by atoms with Crippen molar-refractivity contribution in [1.29, 1.82) is 0 Å². The first-order valence-electron chi connectivity index (χ1n) is 6.73. The van der Waals surface area contributed by atoms with E-state index in [2.05, 4.69) is 15.5 Å². The fourth-order valence-corrected chi connectivity index (χ4v) is 2.25. The molecule has 1 fully saturated rings. The van der Waals surface area contributed by atoms with E-state index < -0.39 is 0 Å². The van der Waals surface area contributed by atoms with Crippen LogP contribution in [0.15, 0.2) is 29.0 Å². The topological polar surface area (TPSA) is 80.4 Å². The summed E-state index contributed by atoms with van der Waals surface area (Å²) in [5.74, 6) is 1.28. The molecule has 1 aliphatic heterocycles. The maximum Gasteiger partial charge on any atom is 0.168 e. The fraction of sp³-hybridized carbons (Fsp3) is 0.429. The Morgan fingerprint density at radius 1 is 1.38 bits per heavy atom. The number of aliphatic hydroxyl groups is 1. The molecule has 6 nitrogen and oxygen atoms in total. The second-order valence-corrected chi connectivity index (χ2v) is 4.85. The Kier molecular flexibility index (Phi) is 5.55. The van der Waals surface area contributed by atoms with Crippen LogP contribution in [0.25, 0.3) is 11.3 Å². The van der Waals surface area contributed by atoms with Crippen LogP contribution in [0.3, 0.4) is 0 Å². The molecular weight excluding hydrogens is 294 g/mol. The largest absolute Gasteiger partial charge is 0.490 e. The molecule has 0 aromatic carbocycles. The number of aromatic nitrogens is 2. The average Bonchev–Trinajstić information content (AvgIpc) is 3.16. The van der Waals surface area contributed by atoms with Gasteiger partial charge in [-0.2, -0.15) is 0 Å². The molecule has 0 bridgehead atoms. The number of nitrogens with zero attached hydrogens (tertiary/aromatic N) is 2. The summed E-state index contributed by atoms with van der Waals surface area (Å²) in [7, 11) is 0. The van der Waals surface area contributed by atoms with Crippen molar-refractivity contribution >= 4 is 12.4 Å². The number of ether oxygens (including phenoxy) is 1. The predicted octanol–water partition coefficient (Wildman–Crippen LogP) is 1.78. The lowest BCUT2D eigenvalue weighted by Crippen LogP contribution is -2.28. The van der Waals surface area contributed by atoms with Crippen LogP contribution in [0.1, 0.15) is 18.5 Å². The Morgan fingerprint density at radius 2 is 2.29 bits per heavy atom. The molecule has 0 unspecified atom stereocenters. The second-order valence-electron chi connectivity index (χ2n) is 4.85. The van der Waals surface area contributed by atoms with Crippen molar-refractivity contribution in [2.24, 2.45) is 0 Å². The van der Waals surface area contributed by atoms with E-state index in [0.29, 0.717) is 29.9 Å². The van der Waals surface area contributed by atoms with Gasteiger partial charge < -0.3 is 19.7 Å². The number of hydrogen-bond acceptors (Lipinski definition) is 6. The monoisotopic (exact) mass is 311 g/mol. The second kappa shape index (κ2) is 7.40. The first kappa shape index (κ1) is 15.8. The average molecular weight is 312 g/mol. The van der Waals surface area contributed by atoms with Crippen molar-refractivity contribution in [3.63, 3.8) is 0 Å². The van der Waals surface area contributed by atoms with Crippen LogP contribution >= 0.6 is 12.4 Å². The van der Waals surface area contributed by atoms with Crippen molar-refractivity contribution in [2.45, 2.75) is 25.5 Å². The molecule has 3 rings (SSSR count). The molecule has 21 heavy (non-hydrogen) atoms. The van der Waals surface area contributed by atoms with E-state index >= 15 is 0 Å². The summed E-state index contributed by atoms with van der Waals surface area (Å²) in [4.78, 5) is 4.15. The molecule has 2 aromatic rings. The highest BCUT2D eigenvalue weighted by Crippen LogP contribution is 2.23. The van der Waals surface area contributed by atoms with Gasteiger partial charge in [-0.3, -0.25) is 4.98 Å². The zero-order valence-corrected chi connectivity index (χ0v) is 12.3. The first-order chi connectivity index (χ1) is 9.85. The minimum atomic E-state index is -0.138. The predicted molar refractivity (Wildman–Crippen MR) is 79.4 cm³/mol. The minimum Gasteiger partial charge on any atom is -0.490 e. The highest BCUT2D eigenvalue weighted by Gasteiger charge is 2.15. The van der Waals surface area contributed by atoms with Gasteiger partial charge in [-0.15, -0.1) is 12.4 Å². The van der Waals surface area contributed by atoms with Crippen LogP contribution in [0.5, 0.6) is 5.75 Å². The molecule has 0 radical (unpaired) electrons. The van der Waals surface area contributed by atoms with Gasteiger partial charge in [-0.1, -0.05) is 5.16 Å². The third-order valence-electron chi connectivity index (χ3n) is 3.33. The summed E-state index contributed by atoms with van der Waals surface area (Å²) < 4.78 is 10.9. The summed E-state index contributed by atoms with van der Waals surface area (Å²) in [5, 5.41) is 16.1. The van der Waals surface area contributed by atoms with Gasteiger partial charge in [0.15, 0.2) is 5.76 Å². The lowest BCUT2D eigenvalue weighted by molar-refractivity contribution is 0.267.